The molecule has 1 aliphatic rings. The molecule has 1 aliphatic heterocycles. The first-order valence-electron chi connectivity index (χ1n) is 9.32. The van der Waals surface area contributed by atoms with Crippen LogP contribution in [-0.4, -0.2) is 35.5 Å². The highest BCUT2D eigenvalue weighted by atomic mass is 19.1. The molecule has 0 bridgehead atoms. The molecule has 0 aliphatic carbocycles. The van der Waals surface area contributed by atoms with E-state index in [9.17, 15) is 9.18 Å². The van der Waals surface area contributed by atoms with Crippen LogP contribution in [0.1, 0.15) is 12.0 Å². The number of carbonyl (C=O) groups excluding carboxylic acids is 1. The van der Waals surface area contributed by atoms with Crippen molar-refractivity contribution in [2.45, 2.75) is 13.3 Å². The molecule has 1 fully saturated rings. The predicted octanol–water partition coefficient (Wildman–Crippen LogP) is 3.58. The van der Waals surface area contributed by atoms with Gasteiger partial charge in [0.05, 0.1) is 5.69 Å². The fourth-order valence-corrected chi connectivity index (χ4v) is 3.29. The molecule has 3 aromatic rings. The first kappa shape index (κ1) is 18.1. The van der Waals surface area contributed by atoms with Gasteiger partial charge in [-0.3, -0.25) is 4.79 Å². The molecule has 2 heterocycles. The number of benzene rings is 2. The zero-order valence-electron chi connectivity index (χ0n) is 15.7. The Labute approximate surface area is 163 Å². The van der Waals surface area contributed by atoms with Gasteiger partial charge < -0.3 is 10.2 Å². The second-order valence-corrected chi connectivity index (χ2v) is 6.90. The molecule has 0 radical (unpaired) electrons. The summed E-state index contributed by atoms with van der Waals surface area (Å²) in [5.74, 6) is 0.318. The average molecular weight is 376 g/mol. The van der Waals surface area contributed by atoms with Crippen LogP contribution in [0, 0.1) is 12.7 Å². The third-order valence-corrected chi connectivity index (χ3v) is 4.83. The Morgan fingerprint density at radius 1 is 1.07 bits per heavy atom. The lowest BCUT2D eigenvalue weighted by atomic mass is 10.00. The Hall–Kier alpha value is -3.28. The van der Waals surface area contributed by atoms with Gasteiger partial charge in [0.1, 0.15) is 5.82 Å². The van der Waals surface area contributed by atoms with E-state index in [0.717, 1.165) is 27.9 Å². The van der Waals surface area contributed by atoms with Crippen molar-refractivity contribution in [3.05, 3.63) is 66.1 Å². The van der Waals surface area contributed by atoms with Gasteiger partial charge in [-0.05, 0) is 24.6 Å². The molecule has 1 N–H and O–H groups in total. The van der Waals surface area contributed by atoms with E-state index in [4.69, 9.17) is 4.98 Å². The van der Waals surface area contributed by atoms with Crippen LogP contribution >= 0.6 is 0 Å². The van der Waals surface area contributed by atoms with Crippen molar-refractivity contribution < 1.29 is 9.18 Å². The van der Waals surface area contributed by atoms with Crippen molar-refractivity contribution in [2.75, 3.05) is 24.5 Å². The fraction of sp³-hybridized carbons (Fsp3) is 0.227. The van der Waals surface area contributed by atoms with Crippen LogP contribution in [0.4, 0.5) is 10.3 Å². The molecule has 28 heavy (non-hydrogen) atoms. The molecule has 5 nitrogen and oxygen atoms in total. The smallest absolute Gasteiger partial charge is 0.225 e. The third kappa shape index (κ3) is 3.86. The molecule has 6 heteroatoms. The predicted molar refractivity (Wildman–Crippen MR) is 107 cm³/mol. The minimum absolute atomic E-state index is 0.0395. The number of halogens is 1. The number of amides is 1. The van der Waals surface area contributed by atoms with Crippen LogP contribution in [0.5, 0.6) is 0 Å². The van der Waals surface area contributed by atoms with Gasteiger partial charge in [-0.2, -0.15) is 0 Å². The molecule has 0 unspecified atom stereocenters. The van der Waals surface area contributed by atoms with E-state index < -0.39 is 0 Å². The summed E-state index contributed by atoms with van der Waals surface area (Å²) in [5.41, 5.74) is 4.35. The van der Waals surface area contributed by atoms with Gasteiger partial charge in [-0.1, -0.05) is 42.0 Å². The number of nitrogens with one attached hydrogen (secondary N) is 1. The van der Waals surface area contributed by atoms with Gasteiger partial charge >= 0.3 is 0 Å². The Bertz CT molecular complexity index is 1000. The highest BCUT2D eigenvalue weighted by Gasteiger charge is 2.19. The second kappa shape index (κ2) is 7.76. The molecule has 142 valence electrons. The van der Waals surface area contributed by atoms with Crippen molar-refractivity contribution in [1.82, 2.24) is 15.3 Å². The zero-order valence-corrected chi connectivity index (χ0v) is 15.7. The van der Waals surface area contributed by atoms with E-state index in [2.05, 4.69) is 10.3 Å². The van der Waals surface area contributed by atoms with Crippen molar-refractivity contribution in [2.24, 2.45) is 0 Å². The minimum atomic E-state index is -0.298. The molecule has 0 atom stereocenters. The summed E-state index contributed by atoms with van der Waals surface area (Å²) in [6, 6.07) is 14.5. The Morgan fingerprint density at radius 2 is 1.89 bits per heavy atom. The fourth-order valence-electron chi connectivity index (χ4n) is 3.29. The topological polar surface area (TPSA) is 58.1 Å². The van der Waals surface area contributed by atoms with Gasteiger partial charge in [0.15, 0.2) is 0 Å². The van der Waals surface area contributed by atoms with Gasteiger partial charge in [0.25, 0.3) is 0 Å². The number of carbonyl (C=O) groups is 1. The molecule has 4 rings (SSSR count). The average Bonchev–Trinajstić information content (AvgIpc) is 2.93. The number of nitrogens with zero attached hydrogens (tertiary/aromatic N) is 3. The Kier molecular flexibility index (Phi) is 5.02. The van der Waals surface area contributed by atoms with Crippen molar-refractivity contribution in [3.8, 4) is 22.4 Å². The van der Waals surface area contributed by atoms with E-state index in [1.165, 1.54) is 12.1 Å². The molecule has 2 aromatic carbocycles. The van der Waals surface area contributed by atoms with Crippen LogP contribution in [-0.2, 0) is 4.79 Å². The van der Waals surface area contributed by atoms with E-state index in [1.807, 2.05) is 42.2 Å². The van der Waals surface area contributed by atoms with E-state index in [-0.39, 0.29) is 11.7 Å². The molecular weight excluding hydrogens is 355 g/mol. The van der Waals surface area contributed by atoms with E-state index in [1.54, 1.807) is 12.3 Å². The maximum absolute atomic E-state index is 13.8. The maximum atomic E-state index is 13.8. The Morgan fingerprint density at radius 3 is 2.68 bits per heavy atom. The summed E-state index contributed by atoms with van der Waals surface area (Å²) in [5, 5.41) is 2.86. The van der Waals surface area contributed by atoms with Crippen molar-refractivity contribution in [3.63, 3.8) is 0 Å². The second-order valence-electron chi connectivity index (χ2n) is 6.90. The first-order valence-corrected chi connectivity index (χ1v) is 9.32. The summed E-state index contributed by atoms with van der Waals surface area (Å²) in [6.07, 6.45) is 2.15. The van der Waals surface area contributed by atoms with Crippen LogP contribution < -0.4 is 10.2 Å². The summed E-state index contributed by atoms with van der Waals surface area (Å²) in [6.45, 7) is 3.81. The summed E-state index contributed by atoms with van der Waals surface area (Å²) < 4.78 is 13.8. The summed E-state index contributed by atoms with van der Waals surface area (Å²) in [7, 11) is 0. The highest BCUT2D eigenvalue weighted by Crippen LogP contribution is 2.32. The monoisotopic (exact) mass is 376 g/mol. The molecule has 1 amide bonds. The highest BCUT2D eigenvalue weighted by molar-refractivity contribution is 5.81. The molecule has 0 saturated carbocycles. The largest absolute Gasteiger partial charge is 0.354 e. The third-order valence-electron chi connectivity index (χ3n) is 4.83. The number of anilines is 1. The summed E-state index contributed by atoms with van der Waals surface area (Å²) in [4.78, 5) is 23.0. The quantitative estimate of drug-likeness (QED) is 0.759. The standard InChI is InChI=1S/C22H21FN4O/c1-15-5-7-16(8-6-15)21-19(17-3-2-4-18(23)13-17)14-25-22(26-21)27-11-9-20(28)24-10-12-27/h2-8,13-14H,9-12H2,1H3,(H,24,28). The molecule has 1 saturated heterocycles. The maximum Gasteiger partial charge on any atom is 0.225 e. The van der Waals surface area contributed by atoms with Crippen LogP contribution in [0.3, 0.4) is 0 Å². The Balaban J connectivity index is 1.80. The molecule has 0 spiro atoms. The van der Waals surface area contributed by atoms with Crippen LogP contribution in [0.25, 0.3) is 22.4 Å². The minimum Gasteiger partial charge on any atom is -0.354 e. The van der Waals surface area contributed by atoms with E-state index >= 15 is 0 Å². The number of hydrogen-bond acceptors (Lipinski definition) is 4. The van der Waals surface area contributed by atoms with Gasteiger partial charge in [0, 0.05) is 43.4 Å². The van der Waals surface area contributed by atoms with Crippen LogP contribution in [0.15, 0.2) is 54.7 Å². The number of aromatic nitrogens is 2. The SMILES string of the molecule is Cc1ccc(-c2nc(N3CCNC(=O)CC3)ncc2-c2cccc(F)c2)cc1. The number of rotatable bonds is 3. The summed E-state index contributed by atoms with van der Waals surface area (Å²) >= 11 is 0. The van der Waals surface area contributed by atoms with Crippen molar-refractivity contribution >= 4 is 11.9 Å². The van der Waals surface area contributed by atoms with Crippen molar-refractivity contribution in [1.29, 1.82) is 0 Å². The lowest BCUT2D eigenvalue weighted by Gasteiger charge is -2.21. The zero-order chi connectivity index (χ0) is 19.5. The van der Waals surface area contributed by atoms with Crippen LogP contribution in [0.2, 0.25) is 0 Å². The molecule has 1 aromatic heterocycles. The van der Waals surface area contributed by atoms with Gasteiger partial charge in [0.2, 0.25) is 11.9 Å². The normalized spacial score (nSPS) is 14.5. The lowest BCUT2D eigenvalue weighted by Crippen LogP contribution is -2.29. The van der Waals surface area contributed by atoms with E-state index in [0.29, 0.717) is 32.0 Å². The number of aryl methyl sites for hydroxylation is 1. The lowest BCUT2D eigenvalue weighted by molar-refractivity contribution is -0.120. The van der Waals surface area contributed by atoms with Gasteiger partial charge in [-0.15, -0.1) is 0 Å². The first-order chi connectivity index (χ1) is 13.6. The number of hydrogen-bond donors (Lipinski definition) is 1. The van der Waals surface area contributed by atoms with Gasteiger partial charge in [-0.25, -0.2) is 14.4 Å². The molecular formula is C22H21FN4O.